The van der Waals surface area contributed by atoms with E-state index in [1.165, 1.54) is 0 Å². The number of anilines is 1. The molecular weight excluding hydrogens is 473 g/mol. The monoisotopic (exact) mass is 491 g/mol. The Morgan fingerprint density at radius 2 is 1.91 bits per heavy atom. The molecule has 34 heavy (non-hydrogen) atoms. The van der Waals surface area contributed by atoms with Crippen LogP contribution in [0, 0.1) is 0 Å². The molecule has 1 aromatic heterocycles. The number of hydrogen-bond donors (Lipinski definition) is 3. The van der Waals surface area contributed by atoms with Gasteiger partial charge in [0.05, 0.1) is 5.69 Å². The molecule has 4 aromatic rings. The van der Waals surface area contributed by atoms with Gasteiger partial charge in [-0.15, -0.1) is 0 Å². The molecule has 0 radical (unpaired) electrons. The highest BCUT2D eigenvalue weighted by molar-refractivity contribution is 6.32. The minimum atomic E-state index is -0.414. The molecule has 0 fully saturated rings. The van der Waals surface area contributed by atoms with Crippen LogP contribution in [-0.4, -0.2) is 23.3 Å². The molecular formula is C26H19Cl2N3O3. The minimum Gasteiger partial charge on any atom is -0.449 e. The average molecular weight is 492 g/mol. The van der Waals surface area contributed by atoms with Crippen molar-refractivity contribution in [3.05, 3.63) is 99.4 Å². The van der Waals surface area contributed by atoms with Gasteiger partial charge in [-0.25, -0.2) is 0 Å². The summed E-state index contributed by atoms with van der Waals surface area (Å²) in [5, 5.41) is 7.91. The Morgan fingerprint density at radius 3 is 2.76 bits per heavy atom. The second kappa shape index (κ2) is 9.25. The van der Waals surface area contributed by atoms with Crippen LogP contribution in [0.4, 0.5) is 5.69 Å². The molecule has 3 N–H and O–H groups in total. The molecule has 8 heteroatoms. The summed E-state index contributed by atoms with van der Waals surface area (Å²) in [5.41, 5.74) is 3.59. The van der Waals surface area contributed by atoms with Crippen LogP contribution in [0.25, 0.3) is 17.0 Å². The van der Waals surface area contributed by atoms with Gasteiger partial charge >= 0.3 is 0 Å². The van der Waals surface area contributed by atoms with Crippen LogP contribution in [0.5, 0.6) is 5.75 Å². The summed E-state index contributed by atoms with van der Waals surface area (Å²) in [6.45, 7) is 0.447. The molecule has 0 aliphatic carbocycles. The highest BCUT2D eigenvalue weighted by atomic mass is 35.5. The number of nitrogens with one attached hydrogen (secondary N) is 3. The van der Waals surface area contributed by atoms with Crippen LogP contribution in [0.3, 0.4) is 0 Å². The van der Waals surface area contributed by atoms with Crippen molar-refractivity contribution in [2.75, 3.05) is 11.9 Å². The third-order valence-corrected chi connectivity index (χ3v) is 6.11. The second-order valence-electron chi connectivity index (χ2n) is 7.81. The van der Waals surface area contributed by atoms with Crippen molar-refractivity contribution in [1.82, 2.24) is 10.3 Å². The largest absolute Gasteiger partial charge is 0.449 e. The summed E-state index contributed by atoms with van der Waals surface area (Å²) in [6.07, 6.45) is 4.15. The van der Waals surface area contributed by atoms with E-state index >= 15 is 0 Å². The van der Waals surface area contributed by atoms with Gasteiger partial charge in [-0.05, 0) is 66.1 Å². The van der Waals surface area contributed by atoms with Crippen molar-refractivity contribution in [3.8, 4) is 5.75 Å². The number of carbonyl (C=O) groups excluding carboxylic acids is 2. The van der Waals surface area contributed by atoms with Crippen molar-refractivity contribution in [3.63, 3.8) is 0 Å². The Balaban J connectivity index is 1.26. The first-order chi connectivity index (χ1) is 16.5. The molecule has 0 unspecified atom stereocenters. The number of aromatic amines is 1. The smallest absolute Gasteiger partial charge is 0.291 e. The molecule has 0 bridgehead atoms. The molecule has 2 amide bonds. The van der Waals surface area contributed by atoms with Gasteiger partial charge in [0.1, 0.15) is 0 Å². The Hall–Kier alpha value is -3.74. The molecule has 1 aliphatic heterocycles. The lowest BCUT2D eigenvalue weighted by Gasteiger charge is -2.20. The van der Waals surface area contributed by atoms with E-state index in [0.29, 0.717) is 45.6 Å². The maximum atomic E-state index is 12.7. The third kappa shape index (κ3) is 4.51. The highest BCUT2D eigenvalue weighted by Gasteiger charge is 2.23. The summed E-state index contributed by atoms with van der Waals surface area (Å²) in [7, 11) is 0. The SMILES string of the molecule is O=C1Nc2cc(C(=O)NCCc3c[nH]c4ccc(Cl)cc34)ccc2OC1=Cc1ccccc1Cl. The van der Waals surface area contributed by atoms with Crippen molar-refractivity contribution in [2.45, 2.75) is 6.42 Å². The number of fused-ring (bicyclic) bond motifs is 2. The Bertz CT molecular complexity index is 1460. The van der Waals surface area contributed by atoms with Crippen LogP contribution in [0.2, 0.25) is 10.0 Å². The second-order valence-corrected chi connectivity index (χ2v) is 8.65. The van der Waals surface area contributed by atoms with Crippen molar-refractivity contribution in [2.24, 2.45) is 0 Å². The van der Waals surface area contributed by atoms with Gasteiger partial charge in [-0.1, -0.05) is 41.4 Å². The molecule has 5 rings (SSSR count). The summed E-state index contributed by atoms with van der Waals surface area (Å²) in [5.74, 6) is -0.0861. The number of H-pyrrole nitrogens is 1. The predicted octanol–water partition coefficient (Wildman–Crippen LogP) is 5.82. The van der Waals surface area contributed by atoms with Crippen LogP contribution < -0.4 is 15.4 Å². The number of amides is 2. The van der Waals surface area contributed by atoms with Crippen LogP contribution in [-0.2, 0) is 11.2 Å². The summed E-state index contributed by atoms with van der Waals surface area (Å²) in [4.78, 5) is 28.4. The third-order valence-electron chi connectivity index (χ3n) is 5.53. The van der Waals surface area contributed by atoms with Crippen LogP contribution in [0.1, 0.15) is 21.5 Å². The molecule has 6 nitrogen and oxygen atoms in total. The first-order valence-corrected chi connectivity index (χ1v) is 11.4. The van der Waals surface area contributed by atoms with Crippen LogP contribution >= 0.6 is 23.2 Å². The van der Waals surface area contributed by atoms with E-state index in [2.05, 4.69) is 15.6 Å². The Labute approximate surface area is 205 Å². The lowest BCUT2D eigenvalue weighted by atomic mass is 10.1. The van der Waals surface area contributed by atoms with Crippen molar-refractivity contribution >= 4 is 57.7 Å². The molecule has 3 aromatic carbocycles. The number of halogens is 2. The fourth-order valence-electron chi connectivity index (χ4n) is 3.81. The standard InChI is InChI=1S/C26H19Cl2N3O3/c27-18-6-7-21-19(13-18)17(14-30-21)9-10-29-25(32)16-5-8-23-22(11-16)31-26(33)24(34-23)12-15-3-1-2-4-20(15)28/h1-8,11-14,30H,9-10H2,(H,29,32)(H,31,33). The lowest BCUT2D eigenvalue weighted by Crippen LogP contribution is -2.27. The highest BCUT2D eigenvalue weighted by Crippen LogP contribution is 2.33. The van der Waals surface area contributed by atoms with Gasteiger partial charge < -0.3 is 20.4 Å². The molecule has 0 atom stereocenters. The van der Waals surface area contributed by atoms with Crippen molar-refractivity contribution < 1.29 is 14.3 Å². The van der Waals surface area contributed by atoms with E-state index in [9.17, 15) is 9.59 Å². The maximum Gasteiger partial charge on any atom is 0.291 e. The zero-order valence-corrected chi connectivity index (χ0v) is 19.3. The minimum absolute atomic E-state index is 0.122. The number of ether oxygens (including phenoxy) is 1. The fraction of sp³-hybridized carbons (Fsp3) is 0.0769. The number of hydrogen-bond acceptors (Lipinski definition) is 3. The average Bonchev–Trinajstić information content (AvgIpc) is 3.22. The summed E-state index contributed by atoms with van der Waals surface area (Å²) >= 11 is 12.3. The van der Waals surface area contributed by atoms with E-state index in [-0.39, 0.29) is 11.7 Å². The zero-order chi connectivity index (χ0) is 23.7. The summed E-state index contributed by atoms with van der Waals surface area (Å²) in [6, 6.07) is 17.7. The first kappa shape index (κ1) is 22.1. The molecule has 0 saturated carbocycles. The zero-order valence-electron chi connectivity index (χ0n) is 17.8. The number of aromatic nitrogens is 1. The van der Waals surface area contributed by atoms with E-state index in [1.54, 1.807) is 36.4 Å². The molecule has 2 heterocycles. The first-order valence-electron chi connectivity index (χ1n) is 10.6. The van der Waals surface area contributed by atoms with E-state index in [4.69, 9.17) is 27.9 Å². The fourth-order valence-corrected chi connectivity index (χ4v) is 4.17. The molecule has 1 aliphatic rings. The Kier molecular flexibility index (Phi) is 6.01. The van der Waals surface area contributed by atoms with Gasteiger partial charge in [0.2, 0.25) is 0 Å². The van der Waals surface area contributed by atoms with Gasteiger partial charge in [-0.2, -0.15) is 0 Å². The van der Waals surface area contributed by atoms with E-state index in [1.807, 2.05) is 36.5 Å². The van der Waals surface area contributed by atoms with Gasteiger partial charge in [0.15, 0.2) is 11.5 Å². The Morgan fingerprint density at radius 1 is 1.06 bits per heavy atom. The maximum absolute atomic E-state index is 12.7. The molecule has 0 spiro atoms. The number of carbonyl (C=O) groups is 2. The van der Waals surface area contributed by atoms with Gasteiger partial charge in [0.25, 0.3) is 11.8 Å². The quantitative estimate of drug-likeness (QED) is 0.307. The van der Waals surface area contributed by atoms with Crippen LogP contribution in [0.15, 0.2) is 72.6 Å². The lowest BCUT2D eigenvalue weighted by molar-refractivity contribution is -0.115. The van der Waals surface area contributed by atoms with E-state index in [0.717, 1.165) is 16.5 Å². The van der Waals surface area contributed by atoms with Gasteiger partial charge in [-0.3, -0.25) is 9.59 Å². The molecule has 0 saturated heterocycles. The number of rotatable bonds is 5. The van der Waals surface area contributed by atoms with E-state index < -0.39 is 5.91 Å². The predicted molar refractivity (Wildman–Crippen MR) is 134 cm³/mol. The van der Waals surface area contributed by atoms with Crippen molar-refractivity contribution in [1.29, 1.82) is 0 Å². The molecule has 170 valence electrons. The number of benzene rings is 3. The van der Waals surface area contributed by atoms with Gasteiger partial charge in [0, 0.05) is 39.3 Å². The summed E-state index contributed by atoms with van der Waals surface area (Å²) < 4.78 is 5.76. The normalized spacial score (nSPS) is 13.9. The topological polar surface area (TPSA) is 83.2 Å².